The first-order valence-electron chi connectivity index (χ1n) is 15.8. The first-order valence-corrected chi connectivity index (χ1v) is 18.2. The van der Waals surface area contributed by atoms with Crippen LogP contribution in [0.1, 0.15) is 33.7 Å². The highest BCUT2D eigenvalue weighted by molar-refractivity contribution is 8.00. The summed E-state index contributed by atoms with van der Waals surface area (Å²) in [6.07, 6.45) is 1.47. The molecule has 0 saturated heterocycles. The van der Waals surface area contributed by atoms with Crippen molar-refractivity contribution in [3.63, 3.8) is 0 Å². The number of hydrogen-bond donors (Lipinski definition) is 3. The number of aromatic nitrogens is 1. The Balaban J connectivity index is 1.23. The molecule has 0 aliphatic rings. The van der Waals surface area contributed by atoms with Crippen molar-refractivity contribution in [1.29, 1.82) is 0 Å². The fourth-order valence-corrected chi connectivity index (χ4v) is 7.34. The topological polar surface area (TPSA) is 109 Å². The molecule has 3 N–H and O–H groups in total. The van der Waals surface area contributed by atoms with Gasteiger partial charge in [-0.25, -0.2) is 4.98 Å². The van der Waals surface area contributed by atoms with E-state index in [-0.39, 0.29) is 16.6 Å². The largest absolute Gasteiger partial charge is 0.494 e. The number of amides is 3. The van der Waals surface area contributed by atoms with Gasteiger partial charge in [0.25, 0.3) is 11.8 Å². The van der Waals surface area contributed by atoms with Gasteiger partial charge in [-0.2, -0.15) is 0 Å². The Labute approximate surface area is 312 Å². The zero-order valence-corrected chi connectivity index (χ0v) is 30.2. The summed E-state index contributed by atoms with van der Waals surface area (Å²) in [4.78, 5) is 46.0. The lowest BCUT2D eigenvalue weighted by molar-refractivity contribution is -0.116. The molecule has 0 bridgehead atoms. The highest BCUT2D eigenvalue weighted by Gasteiger charge is 2.24. The van der Waals surface area contributed by atoms with E-state index in [1.54, 1.807) is 66.7 Å². The Bertz CT molecular complexity index is 2230. The lowest BCUT2D eigenvalue weighted by Crippen LogP contribution is -2.30. The SMILES string of the molecule is CCOc1ccc2nc(NC(=O)C(Sc3cccc(NC(=O)/C(=C\c4cccc(Cl)c4Cl)NC(=O)c4ccccc4)c3)c3ccccc3)sc2c1. The summed E-state index contributed by atoms with van der Waals surface area (Å²) in [5, 5.41) is 8.96. The molecule has 1 aromatic heterocycles. The molecule has 256 valence electrons. The van der Waals surface area contributed by atoms with Gasteiger partial charge in [-0.1, -0.05) is 101 Å². The van der Waals surface area contributed by atoms with Crippen molar-refractivity contribution in [3.05, 3.63) is 154 Å². The second kappa shape index (κ2) is 16.7. The molecule has 1 atom stereocenters. The van der Waals surface area contributed by atoms with Crippen LogP contribution in [0.4, 0.5) is 10.8 Å². The van der Waals surface area contributed by atoms with Crippen molar-refractivity contribution in [3.8, 4) is 5.75 Å². The standard InChI is InChI=1S/C39H30Cl2N4O4S2/c1-2-49-28-19-20-31-33(23-28)51-39(44-31)45-38(48)35(24-11-5-3-6-12-24)50-29-17-10-16-27(22-29)42-37(47)32(21-26-15-9-18-30(40)34(26)41)43-36(46)25-13-7-4-8-14-25/h3-23,35H,2H2,1H3,(H,42,47)(H,43,46)(H,44,45,48)/b32-21+. The average molecular weight is 754 g/mol. The summed E-state index contributed by atoms with van der Waals surface area (Å²) in [5.74, 6) is -0.570. The van der Waals surface area contributed by atoms with Crippen LogP contribution < -0.4 is 20.7 Å². The molecule has 51 heavy (non-hydrogen) atoms. The Morgan fingerprint density at radius 3 is 2.37 bits per heavy atom. The molecule has 0 fully saturated rings. The number of nitrogens with zero attached hydrogens (tertiary/aromatic N) is 1. The van der Waals surface area contributed by atoms with Gasteiger partial charge in [0.1, 0.15) is 16.7 Å². The Morgan fingerprint density at radius 2 is 1.61 bits per heavy atom. The van der Waals surface area contributed by atoms with Crippen LogP contribution in [0.3, 0.4) is 0 Å². The number of fused-ring (bicyclic) bond motifs is 1. The number of benzene rings is 5. The monoisotopic (exact) mass is 752 g/mol. The molecule has 6 aromatic rings. The number of thiazole rings is 1. The van der Waals surface area contributed by atoms with Crippen LogP contribution in [0.5, 0.6) is 5.75 Å². The molecule has 0 spiro atoms. The molecule has 6 rings (SSSR count). The van der Waals surface area contributed by atoms with E-state index in [0.29, 0.717) is 33.6 Å². The van der Waals surface area contributed by atoms with Gasteiger partial charge in [-0.05, 0) is 78.7 Å². The number of nitrogens with one attached hydrogen (secondary N) is 3. The van der Waals surface area contributed by atoms with Crippen LogP contribution in [0.2, 0.25) is 10.0 Å². The Morgan fingerprint density at radius 1 is 0.863 bits per heavy atom. The number of carbonyl (C=O) groups is 3. The minimum Gasteiger partial charge on any atom is -0.494 e. The minimum atomic E-state index is -0.645. The number of carbonyl (C=O) groups excluding carboxylic acids is 3. The molecule has 0 aliphatic carbocycles. The minimum absolute atomic E-state index is 0.0446. The van der Waals surface area contributed by atoms with Crippen molar-refractivity contribution < 1.29 is 19.1 Å². The second-order valence-electron chi connectivity index (χ2n) is 11.0. The summed E-state index contributed by atoms with van der Waals surface area (Å²) in [6, 6.07) is 35.8. The van der Waals surface area contributed by atoms with Gasteiger partial charge >= 0.3 is 0 Å². The number of thioether (sulfide) groups is 1. The van der Waals surface area contributed by atoms with Crippen LogP contribution in [0, 0.1) is 0 Å². The van der Waals surface area contributed by atoms with Crippen molar-refractivity contribution in [2.75, 3.05) is 17.2 Å². The van der Waals surface area contributed by atoms with E-state index in [1.165, 1.54) is 29.2 Å². The third kappa shape index (κ3) is 9.16. The fraction of sp³-hybridized carbons (Fsp3) is 0.0769. The fourth-order valence-electron chi connectivity index (χ4n) is 5.00. The molecule has 8 nitrogen and oxygen atoms in total. The van der Waals surface area contributed by atoms with E-state index >= 15 is 0 Å². The van der Waals surface area contributed by atoms with Gasteiger partial charge in [0.2, 0.25) is 5.91 Å². The van der Waals surface area contributed by atoms with Gasteiger partial charge in [0, 0.05) is 16.1 Å². The molecular formula is C39H30Cl2N4O4S2. The van der Waals surface area contributed by atoms with Crippen LogP contribution >= 0.6 is 46.3 Å². The average Bonchev–Trinajstić information content (AvgIpc) is 3.54. The van der Waals surface area contributed by atoms with Gasteiger partial charge in [0.15, 0.2) is 5.13 Å². The zero-order chi connectivity index (χ0) is 35.7. The number of rotatable bonds is 12. The van der Waals surface area contributed by atoms with E-state index in [1.807, 2.05) is 61.5 Å². The maximum Gasteiger partial charge on any atom is 0.272 e. The van der Waals surface area contributed by atoms with E-state index in [9.17, 15) is 14.4 Å². The van der Waals surface area contributed by atoms with E-state index in [2.05, 4.69) is 20.9 Å². The summed E-state index contributed by atoms with van der Waals surface area (Å²) in [5.41, 5.74) is 2.78. The third-order valence-electron chi connectivity index (χ3n) is 7.40. The quantitative estimate of drug-likeness (QED) is 0.0848. The highest BCUT2D eigenvalue weighted by Crippen LogP contribution is 2.38. The maximum atomic E-state index is 13.8. The lowest BCUT2D eigenvalue weighted by atomic mass is 10.1. The van der Waals surface area contributed by atoms with Gasteiger partial charge in [-0.15, -0.1) is 11.8 Å². The molecule has 1 heterocycles. The zero-order valence-electron chi connectivity index (χ0n) is 27.1. The van der Waals surface area contributed by atoms with Crippen LogP contribution in [0.25, 0.3) is 16.3 Å². The van der Waals surface area contributed by atoms with Gasteiger partial charge in [-0.3, -0.25) is 14.4 Å². The number of hydrogen-bond acceptors (Lipinski definition) is 7. The van der Waals surface area contributed by atoms with E-state index in [0.717, 1.165) is 26.4 Å². The van der Waals surface area contributed by atoms with Crippen molar-refractivity contribution in [2.24, 2.45) is 0 Å². The molecule has 0 aliphatic heterocycles. The summed E-state index contributed by atoms with van der Waals surface area (Å²) in [7, 11) is 0. The summed E-state index contributed by atoms with van der Waals surface area (Å²) >= 11 is 15.3. The van der Waals surface area contributed by atoms with Crippen LogP contribution in [-0.4, -0.2) is 29.3 Å². The molecule has 0 saturated carbocycles. The normalized spacial score (nSPS) is 11.9. The van der Waals surface area contributed by atoms with Crippen molar-refractivity contribution >= 4 is 91.1 Å². The summed E-state index contributed by atoms with van der Waals surface area (Å²) in [6.45, 7) is 2.48. The molecule has 12 heteroatoms. The predicted octanol–water partition coefficient (Wildman–Crippen LogP) is 9.88. The predicted molar refractivity (Wildman–Crippen MR) is 208 cm³/mol. The molecule has 1 unspecified atom stereocenters. The first-order chi connectivity index (χ1) is 24.8. The van der Waals surface area contributed by atoms with Crippen LogP contribution in [0.15, 0.2) is 132 Å². The Hall–Kier alpha value is -5.13. The highest BCUT2D eigenvalue weighted by atomic mass is 35.5. The number of ether oxygens (including phenoxy) is 1. The van der Waals surface area contributed by atoms with E-state index < -0.39 is 17.1 Å². The molecule has 0 radical (unpaired) electrons. The first kappa shape index (κ1) is 35.7. The number of anilines is 2. The van der Waals surface area contributed by atoms with Crippen molar-refractivity contribution in [2.45, 2.75) is 17.1 Å². The summed E-state index contributed by atoms with van der Waals surface area (Å²) < 4.78 is 6.51. The Kier molecular flexibility index (Phi) is 11.7. The maximum absolute atomic E-state index is 13.8. The number of halogens is 2. The third-order valence-corrected chi connectivity index (χ3v) is 10.4. The van der Waals surface area contributed by atoms with Crippen LogP contribution in [-0.2, 0) is 9.59 Å². The van der Waals surface area contributed by atoms with Gasteiger partial charge in [0.05, 0.1) is 26.9 Å². The molecular weight excluding hydrogens is 723 g/mol. The molecule has 5 aromatic carbocycles. The van der Waals surface area contributed by atoms with E-state index in [4.69, 9.17) is 27.9 Å². The van der Waals surface area contributed by atoms with Crippen molar-refractivity contribution in [1.82, 2.24) is 10.3 Å². The second-order valence-corrected chi connectivity index (χ2v) is 14.0. The van der Waals surface area contributed by atoms with Gasteiger partial charge < -0.3 is 20.7 Å². The smallest absolute Gasteiger partial charge is 0.272 e. The molecule has 3 amide bonds. The lowest BCUT2D eigenvalue weighted by Gasteiger charge is -2.17.